The van der Waals surface area contributed by atoms with Crippen LogP contribution in [0.3, 0.4) is 0 Å². The lowest BCUT2D eigenvalue weighted by atomic mass is 9.44. The van der Waals surface area contributed by atoms with Crippen molar-refractivity contribution in [3.05, 3.63) is 0 Å². The lowest BCUT2D eigenvalue weighted by Crippen LogP contribution is -2.55. The number of rotatable bonds is 9. The zero-order valence-corrected chi connectivity index (χ0v) is 22.1. The maximum Gasteiger partial charge on any atom is 0.303 e. The second kappa shape index (κ2) is 10.4. The largest absolute Gasteiger partial charge is 0.481 e. The number of carboxylic acids is 2. The Labute approximate surface area is 211 Å². The SMILES string of the molecule is C[C@H](CCC(=O)O)[C@H]1CC[C@H]2C3CC[C@@H]4C[C@@H](NC(=O)CCCC(=O)O)CC[C@]4(C)[C@H]3CC[C@]12C. The molecule has 4 aliphatic carbocycles. The third-order valence-corrected chi connectivity index (χ3v) is 11.4. The topological polar surface area (TPSA) is 104 Å². The number of fused-ring (bicyclic) bond motifs is 5. The van der Waals surface area contributed by atoms with Crippen molar-refractivity contribution in [3.8, 4) is 0 Å². The third-order valence-electron chi connectivity index (χ3n) is 11.4. The average molecular weight is 490 g/mol. The van der Waals surface area contributed by atoms with Crippen LogP contribution in [0, 0.1) is 46.3 Å². The predicted octanol–water partition coefficient (Wildman–Crippen LogP) is 5.89. The van der Waals surface area contributed by atoms with Gasteiger partial charge in [-0.1, -0.05) is 20.8 Å². The molecule has 0 heterocycles. The second-order valence-electron chi connectivity index (χ2n) is 13.1. The Kier molecular flexibility index (Phi) is 7.88. The van der Waals surface area contributed by atoms with Crippen LogP contribution in [0.25, 0.3) is 0 Å². The summed E-state index contributed by atoms with van der Waals surface area (Å²) in [6.45, 7) is 7.38. The summed E-state index contributed by atoms with van der Waals surface area (Å²) in [6.07, 6.45) is 12.9. The van der Waals surface area contributed by atoms with E-state index in [-0.39, 0.29) is 18.4 Å². The van der Waals surface area contributed by atoms with Crippen LogP contribution in [0.4, 0.5) is 0 Å². The Morgan fingerprint density at radius 2 is 1.54 bits per heavy atom. The van der Waals surface area contributed by atoms with Gasteiger partial charge in [0.05, 0.1) is 0 Å². The van der Waals surface area contributed by atoms with Crippen molar-refractivity contribution in [1.29, 1.82) is 0 Å². The van der Waals surface area contributed by atoms with Gasteiger partial charge in [-0.25, -0.2) is 0 Å². The van der Waals surface area contributed by atoms with Gasteiger partial charge in [0, 0.05) is 25.3 Å². The number of hydrogen-bond acceptors (Lipinski definition) is 3. The molecule has 0 aromatic heterocycles. The molecule has 1 amide bonds. The fourth-order valence-corrected chi connectivity index (χ4v) is 9.62. The normalized spacial score (nSPS) is 41.2. The molecule has 0 radical (unpaired) electrons. The molecule has 1 unspecified atom stereocenters. The molecule has 4 fully saturated rings. The zero-order chi connectivity index (χ0) is 25.4. The fourth-order valence-electron chi connectivity index (χ4n) is 9.62. The molecule has 0 bridgehead atoms. The summed E-state index contributed by atoms with van der Waals surface area (Å²) < 4.78 is 0. The molecule has 4 aliphatic rings. The minimum atomic E-state index is -0.838. The molecule has 35 heavy (non-hydrogen) atoms. The molecule has 0 spiro atoms. The van der Waals surface area contributed by atoms with Crippen molar-refractivity contribution in [3.63, 3.8) is 0 Å². The van der Waals surface area contributed by atoms with E-state index in [4.69, 9.17) is 5.11 Å². The predicted molar refractivity (Wildman–Crippen MR) is 135 cm³/mol. The van der Waals surface area contributed by atoms with Gasteiger partial charge in [-0.15, -0.1) is 0 Å². The van der Waals surface area contributed by atoms with Crippen molar-refractivity contribution in [2.45, 2.75) is 117 Å². The lowest BCUT2D eigenvalue weighted by molar-refractivity contribution is -0.138. The highest BCUT2D eigenvalue weighted by atomic mass is 16.4. The first-order chi connectivity index (χ1) is 16.5. The van der Waals surface area contributed by atoms with Crippen molar-refractivity contribution in [1.82, 2.24) is 5.32 Å². The van der Waals surface area contributed by atoms with Crippen LogP contribution in [-0.2, 0) is 14.4 Å². The number of hydrogen-bond donors (Lipinski definition) is 3. The summed E-state index contributed by atoms with van der Waals surface area (Å²) >= 11 is 0. The third kappa shape index (κ3) is 5.27. The highest BCUT2D eigenvalue weighted by Crippen LogP contribution is 2.68. The molecule has 4 rings (SSSR count). The van der Waals surface area contributed by atoms with Gasteiger partial charge in [-0.2, -0.15) is 0 Å². The van der Waals surface area contributed by atoms with Crippen LogP contribution in [0.15, 0.2) is 0 Å². The fraction of sp³-hybridized carbons (Fsp3) is 0.897. The Balaban J connectivity index is 1.36. The van der Waals surface area contributed by atoms with E-state index in [2.05, 4.69) is 26.1 Å². The van der Waals surface area contributed by atoms with Crippen molar-refractivity contribution in [2.75, 3.05) is 0 Å². The smallest absolute Gasteiger partial charge is 0.303 e. The van der Waals surface area contributed by atoms with Crippen LogP contribution in [0.2, 0.25) is 0 Å². The van der Waals surface area contributed by atoms with Crippen LogP contribution < -0.4 is 5.32 Å². The number of nitrogens with one attached hydrogen (secondary N) is 1. The number of amides is 1. The van der Waals surface area contributed by atoms with Crippen LogP contribution in [-0.4, -0.2) is 34.1 Å². The van der Waals surface area contributed by atoms with Gasteiger partial charge in [-0.3, -0.25) is 14.4 Å². The van der Waals surface area contributed by atoms with Gasteiger partial charge in [0.15, 0.2) is 0 Å². The minimum absolute atomic E-state index is 0.0102. The van der Waals surface area contributed by atoms with Gasteiger partial charge in [0.25, 0.3) is 0 Å². The van der Waals surface area contributed by atoms with Gasteiger partial charge < -0.3 is 15.5 Å². The van der Waals surface area contributed by atoms with Crippen LogP contribution >= 0.6 is 0 Å². The minimum Gasteiger partial charge on any atom is -0.481 e. The molecular weight excluding hydrogens is 442 g/mol. The first-order valence-electron chi connectivity index (χ1n) is 14.3. The molecule has 6 heteroatoms. The Bertz CT molecular complexity index is 813. The van der Waals surface area contributed by atoms with E-state index < -0.39 is 11.9 Å². The van der Waals surface area contributed by atoms with E-state index in [1.165, 1.54) is 44.9 Å². The number of carboxylic acid groups (broad SMARTS) is 2. The number of carbonyl (C=O) groups excluding carboxylic acids is 1. The lowest BCUT2D eigenvalue weighted by Gasteiger charge is -2.61. The summed E-state index contributed by atoms with van der Waals surface area (Å²) in [5.41, 5.74) is 0.727. The summed E-state index contributed by atoms with van der Waals surface area (Å²) in [7, 11) is 0. The molecule has 0 aliphatic heterocycles. The first-order valence-corrected chi connectivity index (χ1v) is 14.3. The number of aliphatic carboxylic acids is 2. The van der Waals surface area contributed by atoms with E-state index in [9.17, 15) is 19.5 Å². The molecule has 9 atom stereocenters. The van der Waals surface area contributed by atoms with Gasteiger partial charge >= 0.3 is 11.9 Å². The summed E-state index contributed by atoms with van der Waals surface area (Å²) in [4.78, 5) is 34.2. The van der Waals surface area contributed by atoms with E-state index in [1.807, 2.05) is 0 Å². The van der Waals surface area contributed by atoms with E-state index in [0.717, 1.165) is 37.0 Å². The molecular formula is C29H47NO5. The summed E-state index contributed by atoms with van der Waals surface area (Å²) in [6, 6.07) is 0.238. The summed E-state index contributed by atoms with van der Waals surface area (Å²) in [5, 5.41) is 21.2. The monoisotopic (exact) mass is 489 g/mol. The Morgan fingerprint density at radius 1 is 0.857 bits per heavy atom. The van der Waals surface area contributed by atoms with Gasteiger partial charge in [0.1, 0.15) is 0 Å². The zero-order valence-electron chi connectivity index (χ0n) is 22.1. The van der Waals surface area contributed by atoms with E-state index in [1.54, 1.807) is 0 Å². The second-order valence-corrected chi connectivity index (χ2v) is 13.1. The quantitative estimate of drug-likeness (QED) is 0.375. The summed E-state index contributed by atoms with van der Waals surface area (Å²) in [5.74, 6) is 2.67. The highest BCUT2D eigenvalue weighted by molar-refractivity contribution is 5.77. The molecule has 6 nitrogen and oxygen atoms in total. The maximum atomic E-state index is 12.4. The Morgan fingerprint density at radius 3 is 2.26 bits per heavy atom. The molecule has 0 aromatic carbocycles. The standard InChI is InChI=1S/C29H47NO5/c1-18(7-12-27(34)35)22-10-11-23-21-9-8-19-17-20(30-25(31)5-4-6-26(32)33)13-15-28(19,2)24(21)14-16-29(22,23)3/h18-24H,4-17H2,1-3H3,(H,30,31)(H,32,33)(H,34,35)/t18-,19-,20+,21?,22-,23+,24+,28+,29-/m1/s1. The molecule has 0 aromatic rings. The van der Waals surface area contributed by atoms with E-state index >= 15 is 0 Å². The molecule has 4 saturated carbocycles. The Hall–Kier alpha value is -1.59. The molecule has 0 saturated heterocycles. The van der Waals surface area contributed by atoms with Crippen molar-refractivity contribution < 1.29 is 24.6 Å². The molecule has 198 valence electrons. The van der Waals surface area contributed by atoms with Gasteiger partial charge in [-0.05, 0) is 117 Å². The highest BCUT2D eigenvalue weighted by Gasteiger charge is 2.60. The first kappa shape index (κ1) is 26.5. The molecule has 3 N–H and O–H groups in total. The van der Waals surface area contributed by atoms with Crippen LogP contribution in [0.5, 0.6) is 0 Å². The van der Waals surface area contributed by atoms with Crippen molar-refractivity contribution >= 4 is 17.8 Å². The average Bonchev–Trinajstić information content (AvgIpc) is 3.14. The van der Waals surface area contributed by atoms with E-state index in [0.29, 0.717) is 47.8 Å². The maximum absolute atomic E-state index is 12.4. The van der Waals surface area contributed by atoms with Crippen LogP contribution in [0.1, 0.15) is 111 Å². The number of carbonyl (C=O) groups is 3. The van der Waals surface area contributed by atoms with Crippen molar-refractivity contribution in [2.24, 2.45) is 46.3 Å². The van der Waals surface area contributed by atoms with Gasteiger partial charge in [0.2, 0.25) is 5.91 Å².